The second-order valence-corrected chi connectivity index (χ2v) is 3.76. The summed E-state index contributed by atoms with van der Waals surface area (Å²) in [6, 6.07) is 0. The molecule has 0 aliphatic heterocycles. The molecular formula is C6H13LiO5S. The molecule has 0 aromatic rings. The van der Waals surface area contributed by atoms with Crippen LogP contribution in [0.4, 0.5) is 0 Å². The summed E-state index contributed by atoms with van der Waals surface area (Å²) in [6.07, 6.45) is 0.0116. The number of carbonyl (C=O) groups excluding carboxylic acids is 1. The van der Waals surface area contributed by atoms with Crippen LogP contribution in [0.3, 0.4) is 0 Å². The Bertz CT molecular complexity index is 253. The predicted octanol–water partition coefficient (Wildman–Crippen LogP) is -2.67. The molecule has 0 fully saturated rings. The molecule has 0 amide bonds. The van der Waals surface area contributed by atoms with Gasteiger partial charge in [0.15, 0.2) is 5.25 Å². The second-order valence-electron chi connectivity index (χ2n) is 2.16. The Balaban J connectivity index is -0.000000605. The summed E-state index contributed by atoms with van der Waals surface area (Å²) < 4.78 is 34.1. The Morgan fingerprint density at radius 3 is 2.23 bits per heavy atom. The van der Waals surface area contributed by atoms with E-state index >= 15 is 0 Å². The maximum Gasteiger partial charge on any atom is 1.00 e. The van der Waals surface area contributed by atoms with E-state index in [2.05, 4.69) is 4.74 Å². The summed E-state index contributed by atoms with van der Waals surface area (Å²) in [5.41, 5.74) is 0. The Labute approximate surface area is 91.3 Å². The molecule has 0 saturated heterocycles. The third-order valence-electron chi connectivity index (χ3n) is 1.28. The van der Waals surface area contributed by atoms with Crippen LogP contribution in [-0.4, -0.2) is 30.8 Å². The van der Waals surface area contributed by atoms with Crippen LogP contribution in [0.1, 0.15) is 21.7 Å². The van der Waals surface area contributed by atoms with Gasteiger partial charge < -0.3 is 6.16 Å². The molecule has 74 valence electrons. The van der Waals surface area contributed by atoms with Crippen LogP contribution in [0, 0.1) is 0 Å². The van der Waals surface area contributed by atoms with Crippen LogP contribution in [0.5, 0.6) is 0 Å². The van der Waals surface area contributed by atoms with Gasteiger partial charge in [0.25, 0.3) is 10.1 Å². The molecule has 0 bridgehead atoms. The molecule has 7 heteroatoms. The first kappa shape index (κ1) is 15.4. The molecule has 0 aliphatic carbocycles. The van der Waals surface area contributed by atoms with Crippen LogP contribution in [0.15, 0.2) is 0 Å². The average molecular weight is 204 g/mol. The number of rotatable bonds is 4. The van der Waals surface area contributed by atoms with Gasteiger partial charge in [-0.3, -0.25) is 9.35 Å². The molecule has 0 aliphatic rings. The number of hydrogen-bond acceptors (Lipinski definition) is 4. The Morgan fingerprint density at radius 2 is 2.00 bits per heavy atom. The zero-order valence-corrected chi connectivity index (χ0v) is 8.80. The topological polar surface area (TPSA) is 80.7 Å². The van der Waals surface area contributed by atoms with Gasteiger partial charge in [-0.1, -0.05) is 6.92 Å². The number of ether oxygens (including phenoxy) is 1. The molecule has 1 N–H and O–H groups in total. The molecule has 0 aromatic carbocycles. The fourth-order valence-corrected chi connectivity index (χ4v) is 1.47. The quantitative estimate of drug-likeness (QED) is 0.307. The molecule has 13 heavy (non-hydrogen) atoms. The van der Waals surface area contributed by atoms with E-state index < -0.39 is 21.3 Å². The second kappa shape index (κ2) is 6.43. The summed E-state index contributed by atoms with van der Waals surface area (Å²) in [5, 5.41) is -1.45. The monoisotopic (exact) mass is 204 g/mol. The number of esters is 1. The molecule has 0 saturated carbocycles. The van der Waals surface area contributed by atoms with Crippen LogP contribution in [0.2, 0.25) is 0 Å². The van der Waals surface area contributed by atoms with Gasteiger partial charge >= 0.3 is 24.8 Å². The van der Waals surface area contributed by atoms with Gasteiger partial charge in [0.1, 0.15) is 0 Å². The summed E-state index contributed by atoms with van der Waals surface area (Å²) >= 11 is 0. The molecule has 0 aromatic heterocycles. The predicted molar refractivity (Wildman–Crippen MR) is 43.4 cm³/mol. The first-order valence-electron chi connectivity index (χ1n) is 3.56. The van der Waals surface area contributed by atoms with Crippen molar-refractivity contribution in [3.8, 4) is 0 Å². The van der Waals surface area contributed by atoms with Gasteiger partial charge in [-0.25, -0.2) is 0 Å². The van der Waals surface area contributed by atoms with Gasteiger partial charge in [0.2, 0.25) is 0 Å². The van der Waals surface area contributed by atoms with Gasteiger partial charge in [-0.15, -0.1) is 0 Å². The number of hydrogen-bond donors (Lipinski definition) is 1. The maximum atomic E-state index is 10.9. The van der Waals surface area contributed by atoms with Crippen molar-refractivity contribution < 1.29 is 42.8 Å². The molecule has 1 atom stereocenters. The first-order valence-corrected chi connectivity index (χ1v) is 5.06. The van der Waals surface area contributed by atoms with E-state index in [1.807, 2.05) is 0 Å². The fourth-order valence-electron chi connectivity index (χ4n) is 0.734. The van der Waals surface area contributed by atoms with Crippen molar-refractivity contribution in [3.63, 3.8) is 0 Å². The van der Waals surface area contributed by atoms with Gasteiger partial charge in [0.05, 0.1) is 6.61 Å². The zero-order chi connectivity index (χ0) is 9.78. The molecular weight excluding hydrogens is 191 g/mol. The normalized spacial score (nSPS) is 12.8. The fraction of sp³-hybridized carbons (Fsp3) is 0.833. The van der Waals surface area contributed by atoms with Crippen molar-refractivity contribution in [2.24, 2.45) is 0 Å². The van der Waals surface area contributed by atoms with Crippen molar-refractivity contribution in [3.05, 3.63) is 0 Å². The van der Waals surface area contributed by atoms with E-state index in [0.29, 0.717) is 0 Å². The van der Waals surface area contributed by atoms with E-state index in [4.69, 9.17) is 4.55 Å². The van der Waals surface area contributed by atoms with E-state index in [1.165, 1.54) is 6.92 Å². The van der Waals surface area contributed by atoms with Gasteiger partial charge in [-0.2, -0.15) is 8.42 Å². The summed E-state index contributed by atoms with van der Waals surface area (Å²) in [4.78, 5) is 10.9. The summed E-state index contributed by atoms with van der Waals surface area (Å²) in [5.74, 6) is -0.900. The van der Waals surface area contributed by atoms with Crippen molar-refractivity contribution in [2.75, 3.05) is 6.61 Å². The van der Waals surface area contributed by atoms with Gasteiger partial charge in [-0.05, 0) is 13.3 Å². The standard InChI is InChI=1S/C6H12O5S.Li.H/c1-3-5(12(8,9)10)6(7)11-4-2;;/h5H,3-4H2,1-2H3,(H,8,9,10);;/q;+1;-1. The molecule has 0 rings (SSSR count). The van der Waals surface area contributed by atoms with E-state index in [1.54, 1.807) is 6.92 Å². The maximum absolute atomic E-state index is 10.9. The van der Waals surface area contributed by atoms with Crippen molar-refractivity contribution in [2.45, 2.75) is 25.5 Å². The molecule has 0 spiro atoms. The van der Waals surface area contributed by atoms with Crippen molar-refractivity contribution in [1.82, 2.24) is 0 Å². The minimum atomic E-state index is -4.31. The van der Waals surface area contributed by atoms with Gasteiger partial charge in [0, 0.05) is 0 Å². The first-order chi connectivity index (χ1) is 5.43. The number of carbonyl (C=O) groups is 1. The minimum absolute atomic E-state index is 0. The van der Waals surface area contributed by atoms with E-state index in [0.717, 1.165) is 0 Å². The molecule has 0 heterocycles. The Hall–Kier alpha value is -0.0226. The molecule has 5 nitrogen and oxygen atoms in total. The van der Waals surface area contributed by atoms with Crippen LogP contribution < -0.4 is 18.9 Å². The zero-order valence-electron chi connectivity index (χ0n) is 8.98. The van der Waals surface area contributed by atoms with Crippen molar-refractivity contribution in [1.29, 1.82) is 0 Å². The molecule has 0 radical (unpaired) electrons. The largest absolute Gasteiger partial charge is 1.00 e. The third-order valence-corrected chi connectivity index (χ3v) is 2.52. The van der Waals surface area contributed by atoms with Crippen LogP contribution in [0.25, 0.3) is 0 Å². The van der Waals surface area contributed by atoms with Crippen LogP contribution >= 0.6 is 0 Å². The summed E-state index contributed by atoms with van der Waals surface area (Å²) in [7, 11) is -4.31. The smallest absolute Gasteiger partial charge is 1.00 e. The Kier molecular flexibility index (Phi) is 7.65. The third kappa shape index (κ3) is 5.32. The van der Waals surface area contributed by atoms with E-state index in [-0.39, 0.29) is 33.3 Å². The van der Waals surface area contributed by atoms with E-state index in [9.17, 15) is 13.2 Å². The molecule has 1 unspecified atom stereocenters. The van der Waals surface area contributed by atoms with Crippen molar-refractivity contribution >= 4 is 16.1 Å². The average Bonchev–Trinajstić information content (AvgIpc) is 1.85. The SMILES string of the molecule is CCOC(=O)C(CC)S(=O)(=O)O.[H-].[Li+]. The van der Waals surface area contributed by atoms with Crippen LogP contribution in [-0.2, 0) is 19.6 Å². The summed E-state index contributed by atoms with van der Waals surface area (Å²) in [6.45, 7) is 3.15. The Morgan fingerprint density at radius 1 is 1.54 bits per heavy atom. The minimum Gasteiger partial charge on any atom is -1.00 e.